The highest BCUT2D eigenvalue weighted by molar-refractivity contribution is 6.02. The summed E-state index contributed by atoms with van der Waals surface area (Å²) in [5.41, 5.74) is 3.63. The van der Waals surface area contributed by atoms with Crippen molar-refractivity contribution in [3.8, 4) is 17.2 Å². The Balaban J connectivity index is 1.93. The van der Waals surface area contributed by atoms with Crippen LogP contribution in [0.2, 0.25) is 0 Å². The summed E-state index contributed by atoms with van der Waals surface area (Å²) in [6, 6.07) is 10.9. The highest BCUT2D eigenvalue weighted by atomic mass is 16.5. The molecule has 2 aromatic rings. The number of carbonyl (C=O) groups excluding carboxylic acids is 2. The molecular weight excluding hydrogens is 498 g/mol. The summed E-state index contributed by atoms with van der Waals surface area (Å²) in [4.78, 5) is 29.2. The fourth-order valence-electron chi connectivity index (χ4n) is 5.55. The van der Waals surface area contributed by atoms with E-state index in [1.165, 1.54) is 0 Å². The molecule has 0 saturated carbocycles. The molecule has 1 unspecified atom stereocenters. The van der Waals surface area contributed by atoms with Crippen LogP contribution in [0.1, 0.15) is 44.7 Å². The number of ketones is 1. The number of hydrogen-bond acceptors (Lipinski definition) is 8. The molecule has 0 spiro atoms. The second-order valence-corrected chi connectivity index (χ2v) is 10.6. The van der Waals surface area contributed by atoms with Crippen molar-refractivity contribution >= 4 is 23.1 Å². The zero-order valence-electron chi connectivity index (χ0n) is 23.7. The number of anilines is 2. The number of nitrogens with zero attached hydrogens (tertiary/aromatic N) is 1. The van der Waals surface area contributed by atoms with Crippen LogP contribution in [0.15, 0.2) is 47.7 Å². The number of methoxy groups -OCH3 is 4. The van der Waals surface area contributed by atoms with Gasteiger partial charge in [0.05, 0.1) is 45.3 Å². The lowest BCUT2D eigenvalue weighted by Gasteiger charge is -2.38. The van der Waals surface area contributed by atoms with E-state index in [1.54, 1.807) is 34.5 Å². The summed E-state index contributed by atoms with van der Waals surface area (Å²) in [7, 11) is 6.32. The van der Waals surface area contributed by atoms with Gasteiger partial charge in [-0.25, -0.2) is 0 Å². The van der Waals surface area contributed by atoms with E-state index in [4.69, 9.17) is 18.9 Å². The smallest absolute Gasteiger partial charge is 0.239 e. The van der Waals surface area contributed by atoms with Crippen molar-refractivity contribution in [1.29, 1.82) is 0 Å². The first-order valence-corrected chi connectivity index (χ1v) is 13.2. The SMILES string of the molecule is COCCCNC(=O)CN1c2ccccc2NC2=C(C(=O)CC(C)(C)C2)C1c1ccc(OC)c(OC)c1OC. The largest absolute Gasteiger partial charge is 0.493 e. The number of hydrogen-bond donors (Lipinski definition) is 2. The molecule has 1 aliphatic heterocycles. The number of rotatable bonds is 10. The number of nitrogens with one attached hydrogen (secondary N) is 2. The third kappa shape index (κ3) is 5.83. The molecule has 210 valence electrons. The van der Waals surface area contributed by atoms with Crippen LogP contribution in [0.25, 0.3) is 0 Å². The number of ether oxygens (including phenoxy) is 4. The maximum atomic E-state index is 13.9. The Hall–Kier alpha value is -3.72. The summed E-state index contributed by atoms with van der Waals surface area (Å²) in [5, 5.41) is 6.57. The number of benzene rings is 2. The standard InChI is InChI=1S/C30H39N3O6/c1-30(2)16-21-26(23(34)17-30)27(19-12-13-24(37-4)29(39-6)28(19)38-5)33(18-25(35)31-14-9-15-36-3)22-11-8-7-10-20(22)32-21/h7-8,10-13,27,32H,9,14-18H2,1-6H3,(H,31,35). The third-order valence-electron chi connectivity index (χ3n) is 7.19. The Kier molecular flexibility index (Phi) is 8.70. The van der Waals surface area contributed by atoms with Gasteiger partial charge in [0.25, 0.3) is 0 Å². The summed E-state index contributed by atoms with van der Waals surface area (Å²) in [5.74, 6) is 1.28. The average Bonchev–Trinajstić information content (AvgIpc) is 3.03. The summed E-state index contributed by atoms with van der Waals surface area (Å²) in [6.45, 7) is 5.28. The highest BCUT2D eigenvalue weighted by Gasteiger charge is 2.43. The first kappa shape index (κ1) is 28.3. The van der Waals surface area contributed by atoms with Crippen LogP contribution in [-0.4, -0.2) is 59.8 Å². The molecule has 9 nitrogen and oxygen atoms in total. The van der Waals surface area contributed by atoms with Crippen molar-refractivity contribution < 1.29 is 28.5 Å². The maximum absolute atomic E-state index is 13.9. The van der Waals surface area contributed by atoms with Crippen molar-refractivity contribution in [1.82, 2.24) is 5.32 Å². The van der Waals surface area contributed by atoms with Gasteiger partial charge in [0.15, 0.2) is 17.3 Å². The van der Waals surface area contributed by atoms with Crippen LogP contribution < -0.4 is 29.7 Å². The van der Waals surface area contributed by atoms with E-state index in [1.807, 2.05) is 35.2 Å². The van der Waals surface area contributed by atoms with E-state index in [2.05, 4.69) is 24.5 Å². The minimum Gasteiger partial charge on any atom is -0.493 e. The first-order valence-electron chi connectivity index (χ1n) is 13.2. The lowest BCUT2D eigenvalue weighted by atomic mass is 9.73. The number of para-hydroxylation sites is 2. The Morgan fingerprint density at radius 2 is 1.77 bits per heavy atom. The Bertz CT molecular complexity index is 1260. The van der Waals surface area contributed by atoms with Crippen LogP contribution in [-0.2, 0) is 14.3 Å². The topological polar surface area (TPSA) is 98.4 Å². The van der Waals surface area contributed by atoms with Crippen molar-refractivity contribution in [3.05, 3.63) is 53.2 Å². The Morgan fingerprint density at radius 1 is 1.03 bits per heavy atom. The van der Waals surface area contributed by atoms with Gasteiger partial charge in [-0.15, -0.1) is 0 Å². The molecule has 4 rings (SSSR count). The third-order valence-corrected chi connectivity index (χ3v) is 7.19. The number of amides is 1. The molecule has 0 saturated heterocycles. The fourth-order valence-corrected chi connectivity index (χ4v) is 5.55. The second kappa shape index (κ2) is 12.0. The molecule has 0 aromatic heterocycles. The quantitative estimate of drug-likeness (QED) is 0.428. The van der Waals surface area contributed by atoms with Crippen LogP contribution in [0, 0.1) is 5.41 Å². The Morgan fingerprint density at radius 3 is 2.46 bits per heavy atom. The normalized spacial score (nSPS) is 17.9. The van der Waals surface area contributed by atoms with Crippen molar-refractivity contribution in [3.63, 3.8) is 0 Å². The van der Waals surface area contributed by atoms with Crippen molar-refractivity contribution in [2.45, 2.75) is 39.2 Å². The van der Waals surface area contributed by atoms with E-state index in [0.717, 1.165) is 17.1 Å². The molecule has 9 heteroatoms. The number of fused-ring (bicyclic) bond motifs is 1. The molecule has 39 heavy (non-hydrogen) atoms. The molecule has 1 atom stereocenters. The van der Waals surface area contributed by atoms with E-state index in [-0.39, 0.29) is 23.7 Å². The van der Waals surface area contributed by atoms with Gasteiger partial charge in [0, 0.05) is 43.5 Å². The second-order valence-electron chi connectivity index (χ2n) is 10.6. The molecule has 2 N–H and O–H groups in total. The minimum atomic E-state index is -0.612. The molecular formula is C30H39N3O6. The molecule has 0 radical (unpaired) electrons. The van der Waals surface area contributed by atoms with Crippen LogP contribution in [0.3, 0.4) is 0 Å². The average molecular weight is 538 g/mol. The van der Waals surface area contributed by atoms with Gasteiger partial charge in [0.2, 0.25) is 11.7 Å². The minimum absolute atomic E-state index is 0.0291. The lowest BCUT2D eigenvalue weighted by Crippen LogP contribution is -2.42. The number of carbonyl (C=O) groups is 2. The van der Waals surface area contributed by atoms with Crippen LogP contribution in [0.4, 0.5) is 11.4 Å². The predicted molar refractivity (Wildman–Crippen MR) is 151 cm³/mol. The van der Waals surface area contributed by atoms with Gasteiger partial charge >= 0.3 is 0 Å². The van der Waals surface area contributed by atoms with Gasteiger partial charge in [-0.05, 0) is 42.5 Å². The molecule has 0 fully saturated rings. The predicted octanol–water partition coefficient (Wildman–Crippen LogP) is 4.48. The molecule has 1 heterocycles. The summed E-state index contributed by atoms with van der Waals surface area (Å²) < 4.78 is 22.2. The van der Waals surface area contributed by atoms with Gasteiger partial charge in [-0.3, -0.25) is 9.59 Å². The molecule has 2 aromatic carbocycles. The van der Waals surface area contributed by atoms with E-state index >= 15 is 0 Å². The molecule has 0 bridgehead atoms. The van der Waals surface area contributed by atoms with Gasteiger partial charge in [-0.1, -0.05) is 26.0 Å². The van der Waals surface area contributed by atoms with Crippen LogP contribution >= 0.6 is 0 Å². The molecule has 1 aliphatic carbocycles. The number of Topliss-reactive ketones (excluding diaryl/α,β-unsaturated/α-hetero) is 1. The summed E-state index contributed by atoms with van der Waals surface area (Å²) >= 11 is 0. The highest BCUT2D eigenvalue weighted by Crippen LogP contribution is 2.52. The van der Waals surface area contributed by atoms with Crippen molar-refractivity contribution in [2.75, 3.05) is 58.4 Å². The van der Waals surface area contributed by atoms with Crippen molar-refractivity contribution in [2.24, 2.45) is 5.41 Å². The Labute approximate surface area is 230 Å². The maximum Gasteiger partial charge on any atom is 0.239 e. The van der Waals surface area contributed by atoms with Gasteiger partial charge in [-0.2, -0.15) is 0 Å². The number of allylic oxidation sites excluding steroid dienone is 1. The van der Waals surface area contributed by atoms with E-state index in [9.17, 15) is 9.59 Å². The molecule has 1 amide bonds. The van der Waals surface area contributed by atoms with E-state index in [0.29, 0.717) is 60.8 Å². The summed E-state index contributed by atoms with van der Waals surface area (Å²) in [6.07, 6.45) is 1.79. The zero-order valence-corrected chi connectivity index (χ0v) is 23.7. The lowest BCUT2D eigenvalue weighted by molar-refractivity contribution is -0.120. The van der Waals surface area contributed by atoms with Gasteiger partial charge in [0.1, 0.15) is 0 Å². The van der Waals surface area contributed by atoms with Crippen LogP contribution in [0.5, 0.6) is 17.2 Å². The van der Waals surface area contributed by atoms with E-state index < -0.39 is 6.04 Å². The first-order chi connectivity index (χ1) is 18.7. The molecule has 2 aliphatic rings. The van der Waals surface area contributed by atoms with Gasteiger partial charge < -0.3 is 34.5 Å². The zero-order chi connectivity index (χ0) is 28.2. The monoisotopic (exact) mass is 537 g/mol. The fraction of sp³-hybridized carbons (Fsp3) is 0.467.